The Morgan fingerprint density at radius 2 is 1.15 bits per heavy atom. The van der Waals surface area contributed by atoms with Gasteiger partial charge in [0.2, 0.25) is 23.6 Å². The van der Waals surface area contributed by atoms with Crippen LogP contribution in [-0.4, -0.2) is 236 Å². The number of amides is 8. The first-order valence-corrected chi connectivity index (χ1v) is 48.6. The molecular formula is C94H125FN16O17S3. The summed E-state index contributed by atoms with van der Waals surface area (Å²) in [6.07, 6.45) is 9.46. The van der Waals surface area contributed by atoms with Crippen LogP contribution in [0.5, 0.6) is 23.0 Å². The number of methoxy groups -OCH3 is 2. The molecule has 3 saturated heterocycles. The summed E-state index contributed by atoms with van der Waals surface area (Å²) < 4.78 is 67.6. The summed E-state index contributed by atoms with van der Waals surface area (Å²) in [5.74, 6) is -4.88. The Labute approximate surface area is 772 Å². The largest absolute Gasteiger partial charge is 0.497 e. The number of aromatic nitrogens is 4. The van der Waals surface area contributed by atoms with Gasteiger partial charge in [-0.1, -0.05) is 99.5 Å². The number of ether oxygens (including phenoxy) is 4. The Bertz CT molecular complexity index is 5510. The summed E-state index contributed by atoms with van der Waals surface area (Å²) in [5, 5.41) is 51.1. The van der Waals surface area contributed by atoms with E-state index < -0.39 is 146 Å². The van der Waals surface area contributed by atoms with Crippen molar-refractivity contribution in [3.63, 3.8) is 0 Å². The average molecular weight is 1870 g/mol. The number of rotatable bonds is 33. The van der Waals surface area contributed by atoms with Crippen LogP contribution in [0.4, 0.5) is 24.2 Å². The number of hydrogen-bond donors (Lipinski definition) is 10. The Morgan fingerprint density at radius 1 is 0.634 bits per heavy atom. The quantitative estimate of drug-likeness (QED) is 0.0135. The lowest BCUT2D eigenvalue weighted by Gasteiger charge is -2.42. The van der Waals surface area contributed by atoms with Crippen LogP contribution in [0, 0.1) is 40.3 Å². The predicted molar refractivity (Wildman–Crippen MR) is 498 cm³/mol. The maximum absolute atomic E-state index is 15.3. The van der Waals surface area contributed by atoms with Gasteiger partial charge in [0, 0.05) is 115 Å². The molecule has 10 N–H and O–H groups in total. The van der Waals surface area contributed by atoms with Gasteiger partial charge in [0.15, 0.2) is 16.0 Å². The molecule has 8 amide bonds. The molecule has 3 aromatic carbocycles. The number of likely N-dealkylation sites (tertiary alicyclic amines) is 2. The summed E-state index contributed by atoms with van der Waals surface area (Å²) in [5.41, 5.74) is -0.645. The third-order valence-corrected chi connectivity index (χ3v) is 30.0. The molecule has 37 heteroatoms. The number of fused-ring (bicyclic) bond motifs is 2. The van der Waals surface area contributed by atoms with Gasteiger partial charge in [-0.15, -0.1) is 29.3 Å². The monoisotopic (exact) mass is 1860 g/mol. The standard InChI is InChI=1S/C48H58FN7O8S.C46H67N9O9S2/c1-8-29-23-48(29,44(60)61)55-42(58)37-21-32(64-38-22-35(36-25-65-46(52-36)50-27(4)5)51-34-20-31(63-7)16-17-33(34)38)24-56(37)43(59)41(47(6)18-10-9-11-19-47)54-45(62)53-39(26(2)3)40(57)28-12-14-30(49)15-13-28;1-9-29-23-46(29,42(58)59)52-40(56)36-21-31(64-37-22-34(35-26-65-44(49-35)47-27(2)3)48-33-20-30(63-8)16-17-32(33)37)24-55(36)41(57)39(28-14-11-10-12-15-28)51-43(60)50-38(45(4,5)6)25-54-19-13-18-53(7)66(54,61)62/h8,12-17,20,22,25-27,29,32,37,39,41H,1,9-11,18-19,21,23-24H2,2-7H3,(H,50,52)(H,55,58)(H,60,61)(H2,53,54,62);16-17,20,22,26-29,31,36,38-39H,9-15,18-19,21,23-25H2,1-8H3,(H,47,49)(H,52,56)(H,58,59)(H2,50,51,60)/t29?,32-,37+,39+,41-,48-;29?,31-,36+,38-,39+,46-/m11/s1. The van der Waals surface area contributed by atoms with Crippen molar-refractivity contribution in [3.8, 4) is 45.8 Å². The van der Waals surface area contributed by atoms with Crippen molar-refractivity contribution in [1.82, 2.24) is 70.2 Å². The molecule has 14 rings (SSSR count). The number of nitrogens with zero attached hydrogens (tertiary/aromatic N) is 8. The number of anilines is 2. The van der Waals surface area contributed by atoms with Crippen molar-refractivity contribution >= 4 is 118 Å². The summed E-state index contributed by atoms with van der Waals surface area (Å²) in [6, 6.07) is 12.3. The number of halogens is 1. The van der Waals surface area contributed by atoms with Gasteiger partial charge in [-0.05, 0) is 150 Å². The lowest BCUT2D eigenvalue weighted by Crippen LogP contribution is -2.62. The summed E-state index contributed by atoms with van der Waals surface area (Å²) >= 11 is 2.89. The van der Waals surface area contributed by atoms with Crippen molar-refractivity contribution in [3.05, 3.63) is 108 Å². The number of urea groups is 2. The number of aliphatic carboxylic acids is 2. The minimum Gasteiger partial charge on any atom is -0.497 e. The zero-order valence-corrected chi connectivity index (χ0v) is 79.4. The summed E-state index contributed by atoms with van der Waals surface area (Å²) in [6.45, 7) is 25.7. The SMILES string of the molecule is C=CC1C[C@]1(NC(=O)[C@@H]1C[C@@H](Oc2cc(-c3csc(NC(C)C)n3)nc3cc(OC)ccc23)CN1C(=O)[C@@H](NC(=O)N[C@H](C(=O)c1ccc(F)cc1)C(C)C)C1(C)CCCCC1)C(=O)O.CCC1C[C@]1(NC(=O)[C@@H]1C[C@@H](Oc2cc(-c3csc(NC(C)C)n3)nc3cc(OC)ccc23)CN1C(=O)[C@@H](NC(=O)N[C@H](CN1CCCN(C)S1(=O)=O)C(C)(C)C)C1CCCCC1)C(=O)O. The van der Waals surface area contributed by atoms with Gasteiger partial charge in [-0.3, -0.25) is 24.0 Å². The molecule has 7 aromatic rings. The van der Waals surface area contributed by atoms with E-state index in [1.807, 2.05) is 85.2 Å². The molecule has 3 aliphatic heterocycles. The number of benzene rings is 3. The van der Waals surface area contributed by atoms with Gasteiger partial charge in [0.25, 0.3) is 10.2 Å². The van der Waals surface area contributed by atoms with Crippen molar-refractivity contribution in [1.29, 1.82) is 0 Å². The molecule has 0 spiro atoms. The summed E-state index contributed by atoms with van der Waals surface area (Å²) in [4.78, 5) is 149. The number of carboxylic acid groups (broad SMARTS) is 2. The molecule has 7 fully saturated rings. The molecule has 4 saturated carbocycles. The fourth-order valence-corrected chi connectivity index (χ4v) is 21.8. The first-order valence-electron chi connectivity index (χ1n) is 45.4. The molecule has 4 aliphatic carbocycles. The van der Waals surface area contributed by atoms with Crippen molar-refractivity contribution in [2.24, 2.45) is 34.5 Å². The van der Waals surface area contributed by atoms with Crippen LogP contribution in [0.1, 0.15) is 189 Å². The molecule has 0 radical (unpaired) electrons. The highest BCUT2D eigenvalue weighted by Crippen LogP contribution is 2.49. The van der Waals surface area contributed by atoms with Crippen molar-refractivity contribution < 1.29 is 85.1 Å². The fraction of sp³-hybridized carbons (Fsp3) is 0.564. The Balaban J connectivity index is 0.000000223. The van der Waals surface area contributed by atoms with E-state index >= 15 is 9.59 Å². The number of Topliss-reactive ketones (excluding diaryl/α,β-unsaturated/α-hetero) is 1. The number of pyridine rings is 2. The molecule has 131 heavy (non-hydrogen) atoms. The number of nitrogens with one attached hydrogen (secondary N) is 8. The average Bonchev–Trinajstić information content (AvgIpc) is 1.58. The highest BCUT2D eigenvalue weighted by atomic mass is 32.2. The zero-order valence-electron chi connectivity index (χ0n) is 77.0. The predicted octanol–water partition coefficient (Wildman–Crippen LogP) is 12.8. The highest BCUT2D eigenvalue weighted by molar-refractivity contribution is 7.86. The molecule has 33 nitrogen and oxygen atoms in total. The number of thiazole rings is 2. The lowest BCUT2D eigenvalue weighted by atomic mass is 9.70. The first kappa shape index (κ1) is 97.6. The fourth-order valence-electron chi connectivity index (χ4n) is 18.7. The third-order valence-electron chi connectivity index (χ3n) is 26.5. The molecule has 2 unspecified atom stereocenters. The molecule has 7 heterocycles. The first-order chi connectivity index (χ1) is 62.2. The van der Waals surface area contributed by atoms with Crippen molar-refractivity contribution in [2.75, 3.05) is 64.6 Å². The van der Waals surface area contributed by atoms with E-state index in [0.29, 0.717) is 119 Å². The second-order valence-corrected chi connectivity index (χ2v) is 41.9. The number of carbonyl (C=O) groups is 9. The van der Waals surface area contributed by atoms with E-state index in [-0.39, 0.29) is 80.7 Å². The maximum atomic E-state index is 15.3. The molecular weight excluding hydrogens is 1740 g/mol. The maximum Gasteiger partial charge on any atom is 0.330 e. The lowest BCUT2D eigenvalue weighted by molar-refractivity contribution is -0.146. The molecule has 12 atom stereocenters. The van der Waals surface area contributed by atoms with Gasteiger partial charge in [0.1, 0.15) is 87.7 Å². The van der Waals surface area contributed by atoms with Gasteiger partial charge in [-0.2, -0.15) is 17.0 Å². The summed E-state index contributed by atoms with van der Waals surface area (Å²) in [7, 11) is 0.955. The van der Waals surface area contributed by atoms with Crippen LogP contribution in [-0.2, 0) is 39.0 Å². The van der Waals surface area contributed by atoms with Crippen LogP contribution in [0.2, 0.25) is 0 Å². The second-order valence-electron chi connectivity index (χ2n) is 38.1. The number of carboxylic acids is 2. The van der Waals surface area contributed by atoms with Gasteiger partial charge in [-0.25, -0.2) is 43.5 Å². The topological polar surface area (TPSA) is 426 Å². The van der Waals surface area contributed by atoms with E-state index in [0.717, 1.165) is 48.8 Å². The van der Waals surface area contributed by atoms with Gasteiger partial charge >= 0.3 is 24.0 Å². The van der Waals surface area contributed by atoms with Crippen molar-refractivity contribution in [2.45, 2.75) is 251 Å². The van der Waals surface area contributed by atoms with Crippen LogP contribution < -0.4 is 61.5 Å². The second kappa shape index (κ2) is 40.7. The van der Waals surface area contributed by atoms with Crippen LogP contribution in [0.3, 0.4) is 0 Å². The molecule has 7 aliphatic rings. The van der Waals surface area contributed by atoms with Crippen LogP contribution in [0.15, 0.2) is 96.2 Å². The molecule has 0 bridgehead atoms. The number of hydrogen-bond acceptors (Lipinski definition) is 23. The Kier molecular flexibility index (Phi) is 30.3. The van der Waals surface area contributed by atoms with Crippen LogP contribution >= 0.6 is 22.7 Å². The number of ketones is 1. The van der Waals surface area contributed by atoms with Gasteiger partial charge < -0.3 is 81.5 Å². The normalized spacial score (nSPS) is 23.4. The van der Waals surface area contributed by atoms with E-state index in [1.54, 1.807) is 71.5 Å². The molecule has 708 valence electrons. The van der Waals surface area contributed by atoms with E-state index in [2.05, 4.69) is 49.1 Å². The van der Waals surface area contributed by atoms with E-state index in [1.165, 1.54) is 71.4 Å². The highest BCUT2D eigenvalue weighted by Gasteiger charge is 2.63. The van der Waals surface area contributed by atoms with Gasteiger partial charge in [0.05, 0.1) is 55.8 Å². The third kappa shape index (κ3) is 22.2. The Hall–Kier alpha value is -10.9. The van der Waals surface area contributed by atoms with E-state index in [9.17, 15) is 56.6 Å². The van der Waals surface area contributed by atoms with Crippen LogP contribution in [0.25, 0.3) is 44.6 Å². The minimum atomic E-state index is -3.72. The smallest absolute Gasteiger partial charge is 0.330 e. The molecule has 4 aromatic heterocycles. The van der Waals surface area contributed by atoms with E-state index in [4.69, 9.17) is 38.9 Å². The minimum absolute atomic E-state index is 0.00227. The number of carbonyl (C=O) groups excluding carboxylic acids is 7. The zero-order chi connectivity index (χ0) is 94.5. The Morgan fingerprint density at radius 3 is 1.62 bits per heavy atom.